The molecule has 1 fully saturated rings. The molecule has 0 aliphatic carbocycles. The molecule has 134 valence electrons. The monoisotopic (exact) mass is 352 g/mol. The first-order chi connectivity index (χ1) is 12.5. The zero-order valence-electron chi connectivity index (χ0n) is 14.6. The van der Waals surface area contributed by atoms with E-state index < -0.39 is 5.91 Å². The van der Waals surface area contributed by atoms with Gasteiger partial charge in [0.25, 0.3) is 5.91 Å². The lowest BCUT2D eigenvalue weighted by Crippen LogP contribution is -2.41. The molecule has 1 aliphatic heterocycles. The van der Waals surface area contributed by atoms with E-state index in [1.165, 1.54) is 4.68 Å². The highest BCUT2D eigenvalue weighted by molar-refractivity contribution is 6.04. The number of nitrogens with zero attached hydrogens (tertiary/aromatic N) is 2. The van der Waals surface area contributed by atoms with Gasteiger partial charge in [0.05, 0.1) is 5.56 Å². The lowest BCUT2D eigenvalue weighted by atomic mass is 9.76. The number of carbonyl (C=O) groups is 1. The van der Waals surface area contributed by atoms with Crippen molar-refractivity contribution < 1.29 is 9.18 Å². The first-order valence-electron chi connectivity index (χ1n) is 8.77. The van der Waals surface area contributed by atoms with Gasteiger partial charge in [-0.05, 0) is 43.1 Å². The van der Waals surface area contributed by atoms with Crippen LogP contribution in [0.15, 0.2) is 42.6 Å². The topological polar surface area (TPSA) is 72.9 Å². The molecule has 4 rings (SSSR count). The van der Waals surface area contributed by atoms with Gasteiger partial charge >= 0.3 is 0 Å². The molecule has 0 spiro atoms. The summed E-state index contributed by atoms with van der Waals surface area (Å²) in [5.74, 6) is -0.878. The van der Waals surface area contributed by atoms with E-state index in [1.54, 1.807) is 30.5 Å². The molecule has 2 aromatic carbocycles. The van der Waals surface area contributed by atoms with E-state index in [0.717, 1.165) is 36.9 Å². The Hall–Kier alpha value is -2.73. The Labute approximate surface area is 151 Å². The zero-order chi connectivity index (χ0) is 18.3. The number of carbonyl (C=O) groups excluding carboxylic acids is 1. The largest absolute Gasteiger partial charge is 0.366 e. The summed E-state index contributed by atoms with van der Waals surface area (Å²) in [6, 6.07) is 10.5. The molecule has 0 bridgehead atoms. The first-order valence-corrected chi connectivity index (χ1v) is 8.77. The third kappa shape index (κ3) is 2.76. The Bertz CT molecular complexity index is 989. The number of rotatable bonds is 3. The normalized spacial score (nSPS) is 20.4. The van der Waals surface area contributed by atoms with E-state index in [2.05, 4.69) is 17.3 Å². The number of primary amides is 1. The minimum atomic E-state index is -0.547. The third-order valence-electron chi connectivity index (χ3n) is 5.29. The number of piperidine rings is 1. The summed E-state index contributed by atoms with van der Waals surface area (Å²) in [6.07, 6.45) is 3.83. The van der Waals surface area contributed by atoms with E-state index in [4.69, 9.17) is 5.73 Å². The van der Waals surface area contributed by atoms with Crippen LogP contribution in [0.5, 0.6) is 0 Å². The quantitative estimate of drug-likeness (QED) is 0.761. The van der Waals surface area contributed by atoms with E-state index in [0.29, 0.717) is 16.8 Å². The maximum absolute atomic E-state index is 14.9. The van der Waals surface area contributed by atoms with E-state index in [1.807, 2.05) is 12.1 Å². The predicted molar refractivity (Wildman–Crippen MR) is 99.0 cm³/mol. The van der Waals surface area contributed by atoms with E-state index in [9.17, 15) is 9.18 Å². The molecule has 0 saturated carbocycles. The maximum Gasteiger partial charge on any atom is 0.250 e. The Kier molecular flexibility index (Phi) is 4.00. The zero-order valence-corrected chi connectivity index (χ0v) is 14.6. The highest BCUT2D eigenvalue weighted by Gasteiger charge is 2.29. The van der Waals surface area contributed by atoms with Crippen molar-refractivity contribution >= 4 is 16.8 Å². The number of aromatic nitrogens is 2. The fraction of sp³-hybridized carbons (Fsp3) is 0.300. The molecule has 1 saturated heterocycles. The van der Waals surface area contributed by atoms with Gasteiger partial charge in [0.15, 0.2) is 0 Å². The summed E-state index contributed by atoms with van der Waals surface area (Å²) in [4.78, 5) is 11.6. The van der Waals surface area contributed by atoms with Crippen LogP contribution in [-0.2, 0) is 5.41 Å². The Morgan fingerprint density at radius 2 is 2.19 bits per heavy atom. The lowest BCUT2D eigenvalue weighted by Gasteiger charge is -2.34. The molecule has 26 heavy (non-hydrogen) atoms. The molecular weight excluding hydrogens is 331 g/mol. The number of fused-ring (bicyclic) bond motifs is 1. The third-order valence-corrected chi connectivity index (χ3v) is 5.29. The average Bonchev–Trinajstić information content (AvgIpc) is 3.05. The summed E-state index contributed by atoms with van der Waals surface area (Å²) in [5, 5.41) is 8.52. The predicted octanol–water partition coefficient (Wildman–Crippen LogP) is 2.90. The molecule has 2 heterocycles. The second-order valence-electron chi connectivity index (χ2n) is 7.19. The van der Waals surface area contributed by atoms with Gasteiger partial charge in [0.1, 0.15) is 17.0 Å². The van der Waals surface area contributed by atoms with Crippen LogP contribution in [0.25, 0.3) is 16.6 Å². The molecule has 5 nitrogen and oxygen atoms in total. The summed E-state index contributed by atoms with van der Waals surface area (Å²) in [7, 11) is 0. The molecule has 0 radical (unpaired) electrons. The summed E-state index contributed by atoms with van der Waals surface area (Å²) < 4.78 is 16.3. The van der Waals surface area contributed by atoms with Crippen LogP contribution in [0.2, 0.25) is 0 Å². The number of benzene rings is 2. The van der Waals surface area contributed by atoms with Crippen LogP contribution in [-0.4, -0.2) is 28.8 Å². The standard InChI is InChI=1S/C20H21FN4O/c1-20(8-3-9-23-12-20)14-6-7-17(16(21)10-14)25-11-13-4-2-5-15(19(22)26)18(13)24-25/h2,4-7,10-11,23H,3,8-9,12H2,1H3,(H2,22,26)/t20-/m1/s1. The van der Waals surface area contributed by atoms with Gasteiger partial charge in [-0.2, -0.15) is 5.10 Å². The number of halogens is 1. The highest BCUT2D eigenvalue weighted by atomic mass is 19.1. The van der Waals surface area contributed by atoms with Crippen molar-refractivity contribution in [2.24, 2.45) is 5.73 Å². The van der Waals surface area contributed by atoms with Crippen molar-refractivity contribution in [3.8, 4) is 5.69 Å². The molecule has 1 atom stereocenters. The van der Waals surface area contributed by atoms with Crippen molar-refractivity contribution in [2.75, 3.05) is 13.1 Å². The van der Waals surface area contributed by atoms with Crippen LogP contribution in [0.3, 0.4) is 0 Å². The minimum absolute atomic E-state index is 0.0639. The van der Waals surface area contributed by atoms with Crippen LogP contribution in [0.4, 0.5) is 4.39 Å². The van der Waals surface area contributed by atoms with Gasteiger partial charge in [-0.15, -0.1) is 0 Å². The van der Waals surface area contributed by atoms with Crippen molar-refractivity contribution in [2.45, 2.75) is 25.2 Å². The Morgan fingerprint density at radius 3 is 2.88 bits per heavy atom. The van der Waals surface area contributed by atoms with Gasteiger partial charge in [-0.25, -0.2) is 9.07 Å². The molecule has 3 N–H and O–H groups in total. The molecular formula is C20H21FN4O. The highest BCUT2D eigenvalue weighted by Crippen LogP contribution is 2.32. The number of nitrogens with one attached hydrogen (secondary N) is 1. The summed E-state index contributed by atoms with van der Waals surface area (Å²) >= 11 is 0. The van der Waals surface area contributed by atoms with Crippen LogP contribution in [0, 0.1) is 5.82 Å². The van der Waals surface area contributed by atoms with Gasteiger partial charge in [-0.3, -0.25) is 4.79 Å². The first kappa shape index (κ1) is 16.7. The Balaban J connectivity index is 1.76. The van der Waals surface area contributed by atoms with Crippen molar-refractivity contribution in [1.29, 1.82) is 0 Å². The second kappa shape index (κ2) is 6.21. The van der Waals surface area contributed by atoms with Gasteiger partial charge in [-0.1, -0.05) is 25.1 Å². The average molecular weight is 352 g/mol. The van der Waals surface area contributed by atoms with Crippen LogP contribution < -0.4 is 11.1 Å². The van der Waals surface area contributed by atoms with Gasteiger partial charge < -0.3 is 11.1 Å². The molecule has 1 aromatic heterocycles. The fourth-order valence-electron chi connectivity index (χ4n) is 3.74. The van der Waals surface area contributed by atoms with Crippen molar-refractivity contribution in [3.05, 3.63) is 59.5 Å². The van der Waals surface area contributed by atoms with E-state index in [-0.39, 0.29) is 11.2 Å². The lowest BCUT2D eigenvalue weighted by molar-refractivity contribution is 0.100. The van der Waals surface area contributed by atoms with Gasteiger partial charge in [0.2, 0.25) is 0 Å². The minimum Gasteiger partial charge on any atom is -0.366 e. The summed E-state index contributed by atoms with van der Waals surface area (Å²) in [6.45, 7) is 4.02. The molecule has 6 heteroatoms. The number of hydrogen-bond donors (Lipinski definition) is 2. The number of hydrogen-bond acceptors (Lipinski definition) is 3. The van der Waals surface area contributed by atoms with Crippen LogP contribution >= 0.6 is 0 Å². The van der Waals surface area contributed by atoms with E-state index >= 15 is 0 Å². The SMILES string of the molecule is C[C@@]1(c2ccc(-n3cc4cccc(C(N)=O)c4n3)c(F)c2)CCCNC1. The molecule has 1 aliphatic rings. The smallest absolute Gasteiger partial charge is 0.250 e. The molecule has 3 aromatic rings. The Morgan fingerprint density at radius 1 is 1.35 bits per heavy atom. The number of nitrogens with two attached hydrogens (primary N) is 1. The molecule has 1 amide bonds. The number of amides is 1. The molecule has 0 unspecified atom stereocenters. The summed E-state index contributed by atoms with van der Waals surface area (Å²) in [5.41, 5.74) is 7.49. The van der Waals surface area contributed by atoms with Crippen molar-refractivity contribution in [3.63, 3.8) is 0 Å². The second-order valence-corrected chi connectivity index (χ2v) is 7.19. The fourth-order valence-corrected chi connectivity index (χ4v) is 3.74. The van der Waals surface area contributed by atoms with Crippen LogP contribution in [0.1, 0.15) is 35.7 Å². The van der Waals surface area contributed by atoms with Crippen molar-refractivity contribution in [1.82, 2.24) is 15.1 Å². The van der Waals surface area contributed by atoms with Gasteiger partial charge in [0, 0.05) is 23.5 Å². The maximum atomic E-state index is 14.9.